The second-order valence-electron chi connectivity index (χ2n) is 3.52. The van der Waals surface area contributed by atoms with Gasteiger partial charge in [-0.15, -0.1) is 0 Å². The van der Waals surface area contributed by atoms with E-state index < -0.39 is 0 Å². The van der Waals surface area contributed by atoms with Gasteiger partial charge in [0.05, 0.1) is 15.0 Å². The van der Waals surface area contributed by atoms with Gasteiger partial charge in [-0.05, 0) is 34.1 Å². The Morgan fingerprint density at radius 2 is 2.07 bits per heavy atom. The Morgan fingerprint density at radius 1 is 1.33 bits per heavy atom. The summed E-state index contributed by atoms with van der Waals surface area (Å²) in [4.78, 5) is 6.33. The molecule has 0 N–H and O–H groups in total. The molecule has 2 aromatic rings. The summed E-state index contributed by atoms with van der Waals surface area (Å²) in [7, 11) is 4.00. The van der Waals surface area contributed by atoms with Crippen molar-refractivity contribution in [3.8, 4) is 0 Å². The molecule has 1 aromatic heterocycles. The Morgan fingerprint density at radius 3 is 2.73 bits per heavy atom. The third-order valence-electron chi connectivity index (χ3n) is 2.26. The van der Waals surface area contributed by atoms with Crippen LogP contribution in [0.2, 0.25) is 5.02 Å². The van der Waals surface area contributed by atoms with Crippen molar-refractivity contribution < 1.29 is 0 Å². The number of pyridine rings is 1. The van der Waals surface area contributed by atoms with Crippen LogP contribution >= 0.6 is 27.5 Å². The first-order valence-electron chi connectivity index (χ1n) is 4.50. The number of nitrogens with zero attached hydrogens (tertiary/aromatic N) is 2. The Labute approximate surface area is 102 Å². The number of aromatic nitrogens is 1. The Hall–Kier alpha value is -0.800. The molecule has 0 spiro atoms. The fourth-order valence-electron chi connectivity index (χ4n) is 1.40. The highest BCUT2D eigenvalue weighted by atomic mass is 79.9. The quantitative estimate of drug-likeness (QED) is 0.794. The van der Waals surface area contributed by atoms with E-state index in [1.54, 1.807) is 6.20 Å². The van der Waals surface area contributed by atoms with Gasteiger partial charge < -0.3 is 4.90 Å². The van der Waals surface area contributed by atoms with Crippen molar-refractivity contribution in [3.63, 3.8) is 0 Å². The minimum Gasteiger partial charge on any atom is -0.378 e. The molecule has 0 aliphatic carbocycles. The summed E-state index contributed by atoms with van der Waals surface area (Å²) >= 11 is 9.57. The molecule has 0 saturated heterocycles. The molecule has 4 heteroatoms. The van der Waals surface area contributed by atoms with Gasteiger partial charge in [-0.3, -0.25) is 4.98 Å². The maximum Gasteiger partial charge on any atom is 0.0719 e. The highest BCUT2D eigenvalue weighted by Gasteiger charge is 2.06. The first-order chi connectivity index (χ1) is 7.09. The van der Waals surface area contributed by atoms with Gasteiger partial charge in [-0.2, -0.15) is 0 Å². The normalized spacial score (nSPS) is 10.7. The van der Waals surface area contributed by atoms with Crippen LogP contribution in [0.1, 0.15) is 0 Å². The van der Waals surface area contributed by atoms with Gasteiger partial charge in [0.2, 0.25) is 0 Å². The summed E-state index contributed by atoms with van der Waals surface area (Å²) < 4.78 is 0.826. The number of fused-ring (bicyclic) bond motifs is 1. The van der Waals surface area contributed by atoms with E-state index in [1.165, 1.54) is 0 Å². The standard InChI is InChI=1S/C11H10BrClN2/c1-15(2)7-3-4-10-8(5-7)11(13)9(12)6-14-10/h3-6H,1-2H3. The van der Waals surface area contributed by atoms with Gasteiger partial charge >= 0.3 is 0 Å². The van der Waals surface area contributed by atoms with Crippen LogP contribution in [-0.4, -0.2) is 19.1 Å². The van der Waals surface area contributed by atoms with Crippen molar-refractivity contribution in [2.24, 2.45) is 0 Å². The fourth-order valence-corrected chi connectivity index (χ4v) is 1.92. The monoisotopic (exact) mass is 284 g/mol. The molecule has 0 amide bonds. The largest absolute Gasteiger partial charge is 0.378 e. The molecule has 0 atom stereocenters. The molecule has 0 aliphatic heterocycles. The fraction of sp³-hybridized carbons (Fsp3) is 0.182. The van der Waals surface area contributed by atoms with Crippen LogP contribution in [0.5, 0.6) is 0 Å². The second kappa shape index (κ2) is 3.99. The van der Waals surface area contributed by atoms with E-state index in [0.717, 1.165) is 21.1 Å². The van der Waals surface area contributed by atoms with Gasteiger partial charge in [0.1, 0.15) is 0 Å². The molecule has 0 aliphatic rings. The zero-order chi connectivity index (χ0) is 11.0. The van der Waals surface area contributed by atoms with Crippen molar-refractivity contribution in [1.29, 1.82) is 0 Å². The number of hydrogen-bond acceptors (Lipinski definition) is 2. The maximum atomic E-state index is 6.20. The predicted octanol–water partition coefficient (Wildman–Crippen LogP) is 3.72. The topological polar surface area (TPSA) is 16.1 Å². The minimum absolute atomic E-state index is 0.712. The van der Waals surface area contributed by atoms with Gasteiger partial charge in [0.15, 0.2) is 0 Å². The Kier molecular flexibility index (Phi) is 2.85. The molecule has 0 bridgehead atoms. The highest BCUT2D eigenvalue weighted by molar-refractivity contribution is 9.10. The molecular formula is C11H10BrClN2. The number of rotatable bonds is 1. The van der Waals surface area contributed by atoms with Crippen LogP contribution in [0.25, 0.3) is 10.9 Å². The number of benzene rings is 1. The Bertz CT molecular complexity index is 511. The maximum absolute atomic E-state index is 6.20. The predicted molar refractivity (Wildman–Crippen MR) is 68.8 cm³/mol. The first kappa shape index (κ1) is 10.7. The van der Waals surface area contributed by atoms with E-state index in [0.29, 0.717) is 5.02 Å². The van der Waals surface area contributed by atoms with Crippen molar-refractivity contribution in [3.05, 3.63) is 33.9 Å². The van der Waals surface area contributed by atoms with Crippen molar-refractivity contribution in [2.45, 2.75) is 0 Å². The van der Waals surface area contributed by atoms with Crippen LogP contribution in [0.15, 0.2) is 28.9 Å². The molecule has 2 nitrogen and oxygen atoms in total. The summed E-state index contributed by atoms with van der Waals surface area (Å²) in [5, 5.41) is 1.68. The van der Waals surface area contributed by atoms with E-state index in [-0.39, 0.29) is 0 Å². The van der Waals surface area contributed by atoms with E-state index in [4.69, 9.17) is 11.6 Å². The number of halogens is 2. The van der Waals surface area contributed by atoms with Gasteiger partial charge in [0.25, 0.3) is 0 Å². The van der Waals surface area contributed by atoms with Crippen LogP contribution in [0, 0.1) is 0 Å². The summed E-state index contributed by atoms with van der Waals surface area (Å²) in [5.41, 5.74) is 2.03. The lowest BCUT2D eigenvalue weighted by Crippen LogP contribution is -2.08. The molecule has 0 unspecified atom stereocenters. The molecular weight excluding hydrogens is 275 g/mol. The zero-order valence-corrected chi connectivity index (χ0v) is 10.8. The summed E-state index contributed by atoms with van der Waals surface area (Å²) in [5.74, 6) is 0. The number of anilines is 1. The molecule has 0 fully saturated rings. The lowest BCUT2D eigenvalue weighted by Gasteiger charge is -2.13. The lowest BCUT2D eigenvalue weighted by molar-refractivity contribution is 1.13. The molecule has 15 heavy (non-hydrogen) atoms. The minimum atomic E-state index is 0.712. The Balaban J connectivity index is 2.73. The average Bonchev–Trinajstić information content (AvgIpc) is 2.23. The summed E-state index contributed by atoms with van der Waals surface area (Å²) in [6.45, 7) is 0. The lowest BCUT2D eigenvalue weighted by atomic mass is 10.2. The second-order valence-corrected chi connectivity index (χ2v) is 4.75. The SMILES string of the molecule is CN(C)c1ccc2ncc(Br)c(Cl)c2c1. The van der Waals surface area contributed by atoms with Crippen LogP contribution in [0.4, 0.5) is 5.69 Å². The van der Waals surface area contributed by atoms with Crippen LogP contribution in [0.3, 0.4) is 0 Å². The van der Waals surface area contributed by atoms with Crippen LogP contribution < -0.4 is 4.90 Å². The average molecular weight is 286 g/mol. The first-order valence-corrected chi connectivity index (χ1v) is 5.68. The summed E-state index contributed by atoms with van der Waals surface area (Å²) in [6.07, 6.45) is 1.72. The smallest absolute Gasteiger partial charge is 0.0719 e. The zero-order valence-electron chi connectivity index (χ0n) is 8.46. The molecule has 0 saturated carbocycles. The molecule has 1 aromatic carbocycles. The molecule has 2 rings (SSSR count). The van der Waals surface area contributed by atoms with Crippen molar-refractivity contribution >= 4 is 44.1 Å². The van der Waals surface area contributed by atoms with E-state index in [2.05, 4.69) is 20.9 Å². The van der Waals surface area contributed by atoms with E-state index in [1.807, 2.05) is 37.2 Å². The molecule has 1 heterocycles. The van der Waals surface area contributed by atoms with E-state index in [9.17, 15) is 0 Å². The summed E-state index contributed by atoms with van der Waals surface area (Å²) in [6, 6.07) is 6.04. The van der Waals surface area contributed by atoms with Crippen molar-refractivity contribution in [2.75, 3.05) is 19.0 Å². The van der Waals surface area contributed by atoms with Crippen LogP contribution in [-0.2, 0) is 0 Å². The third-order valence-corrected chi connectivity index (χ3v) is 3.50. The molecule has 0 radical (unpaired) electrons. The van der Waals surface area contributed by atoms with Gasteiger partial charge in [0, 0.05) is 31.4 Å². The molecule has 78 valence electrons. The number of hydrogen-bond donors (Lipinski definition) is 0. The van der Waals surface area contributed by atoms with Crippen molar-refractivity contribution in [1.82, 2.24) is 4.98 Å². The third kappa shape index (κ3) is 1.94. The van der Waals surface area contributed by atoms with Gasteiger partial charge in [-0.1, -0.05) is 11.6 Å². The van der Waals surface area contributed by atoms with Gasteiger partial charge in [-0.25, -0.2) is 0 Å². The highest BCUT2D eigenvalue weighted by Crippen LogP contribution is 2.31. The van der Waals surface area contributed by atoms with E-state index >= 15 is 0 Å².